The van der Waals surface area contributed by atoms with E-state index in [0.29, 0.717) is 10.6 Å². The van der Waals surface area contributed by atoms with Gasteiger partial charge in [-0.05, 0) is 30.7 Å². The molecule has 0 bridgehead atoms. The van der Waals surface area contributed by atoms with Gasteiger partial charge in [0, 0.05) is 16.1 Å². The molecule has 0 aromatic heterocycles. The van der Waals surface area contributed by atoms with Gasteiger partial charge in [-0.25, -0.2) is 0 Å². The first-order valence-electron chi connectivity index (χ1n) is 5.83. The van der Waals surface area contributed by atoms with Gasteiger partial charge in [-0.1, -0.05) is 35.9 Å². The normalized spacial score (nSPS) is 10.7. The van der Waals surface area contributed by atoms with Crippen LogP contribution in [-0.2, 0) is 0 Å². The highest BCUT2D eigenvalue weighted by Crippen LogP contribution is 2.21. The summed E-state index contributed by atoms with van der Waals surface area (Å²) in [6.07, 6.45) is 0. The molecule has 2 nitrogen and oxygen atoms in total. The van der Waals surface area contributed by atoms with Gasteiger partial charge >= 0.3 is 6.61 Å². The average Bonchev–Trinajstić information content (AvgIpc) is 2.40. The van der Waals surface area contributed by atoms with Crippen molar-refractivity contribution in [3.05, 3.63) is 64.2 Å². The molecule has 104 valence electrons. The number of ether oxygens (including phenoxy) is 1. The minimum absolute atomic E-state index is 0.0518. The molecule has 0 spiro atoms. The van der Waals surface area contributed by atoms with E-state index in [4.69, 9.17) is 11.6 Å². The summed E-state index contributed by atoms with van der Waals surface area (Å²) in [7, 11) is 0. The van der Waals surface area contributed by atoms with Crippen LogP contribution in [0.1, 0.15) is 21.5 Å². The van der Waals surface area contributed by atoms with Gasteiger partial charge in [0.2, 0.25) is 0 Å². The third-order valence-corrected chi connectivity index (χ3v) is 3.16. The van der Waals surface area contributed by atoms with Gasteiger partial charge in [-0.3, -0.25) is 4.79 Å². The number of ketones is 1. The Morgan fingerprint density at radius 3 is 2.50 bits per heavy atom. The van der Waals surface area contributed by atoms with Gasteiger partial charge in [0.05, 0.1) is 0 Å². The second-order valence-electron chi connectivity index (χ2n) is 4.20. The Kier molecular flexibility index (Phi) is 4.35. The largest absolute Gasteiger partial charge is 0.435 e. The molecule has 0 unspecified atom stereocenters. The van der Waals surface area contributed by atoms with Crippen LogP contribution in [0, 0.1) is 6.92 Å². The van der Waals surface area contributed by atoms with Crippen molar-refractivity contribution < 1.29 is 18.3 Å². The Hall–Kier alpha value is -1.94. The SMILES string of the molecule is Cc1ccc(C(=O)c2cccc(OC(F)F)c2)cc1Cl. The topological polar surface area (TPSA) is 26.3 Å². The molecule has 0 fully saturated rings. The first-order chi connectivity index (χ1) is 9.47. The first kappa shape index (κ1) is 14.5. The van der Waals surface area contributed by atoms with E-state index in [1.165, 1.54) is 24.3 Å². The molecule has 0 aliphatic carbocycles. The summed E-state index contributed by atoms with van der Waals surface area (Å²) < 4.78 is 28.6. The molecule has 0 radical (unpaired) electrons. The van der Waals surface area contributed by atoms with E-state index < -0.39 is 6.61 Å². The zero-order valence-electron chi connectivity index (χ0n) is 10.6. The summed E-state index contributed by atoms with van der Waals surface area (Å²) in [5.74, 6) is -0.351. The van der Waals surface area contributed by atoms with Gasteiger partial charge in [0.25, 0.3) is 0 Å². The number of carbonyl (C=O) groups is 1. The number of benzene rings is 2. The Morgan fingerprint density at radius 1 is 1.15 bits per heavy atom. The average molecular weight is 297 g/mol. The molecule has 2 rings (SSSR count). The quantitative estimate of drug-likeness (QED) is 0.778. The van der Waals surface area contributed by atoms with Crippen LogP contribution < -0.4 is 4.74 Å². The summed E-state index contributed by atoms with van der Waals surface area (Å²) in [4.78, 5) is 12.2. The highest BCUT2D eigenvalue weighted by molar-refractivity contribution is 6.31. The molecule has 20 heavy (non-hydrogen) atoms. The Morgan fingerprint density at radius 2 is 1.85 bits per heavy atom. The van der Waals surface area contributed by atoms with Crippen molar-refractivity contribution in [3.63, 3.8) is 0 Å². The van der Waals surface area contributed by atoms with Gasteiger partial charge < -0.3 is 4.74 Å². The van der Waals surface area contributed by atoms with Crippen molar-refractivity contribution in [2.24, 2.45) is 0 Å². The third-order valence-electron chi connectivity index (χ3n) is 2.76. The standard InChI is InChI=1S/C15H11ClF2O2/c1-9-5-6-11(8-13(9)16)14(19)10-3-2-4-12(7-10)20-15(17)18/h2-8,15H,1H3. The zero-order valence-corrected chi connectivity index (χ0v) is 11.3. The molecule has 0 saturated carbocycles. The summed E-state index contributed by atoms with van der Waals surface area (Å²) in [5.41, 5.74) is 1.52. The molecule has 2 aromatic carbocycles. The predicted molar refractivity (Wildman–Crippen MR) is 72.7 cm³/mol. The lowest BCUT2D eigenvalue weighted by Crippen LogP contribution is -2.05. The van der Waals surface area contributed by atoms with Gasteiger partial charge in [0.15, 0.2) is 5.78 Å². The van der Waals surface area contributed by atoms with Crippen LogP contribution in [0.25, 0.3) is 0 Å². The Balaban J connectivity index is 2.30. The molecule has 2 aromatic rings. The van der Waals surface area contributed by atoms with Crippen molar-refractivity contribution in [2.75, 3.05) is 0 Å². The number of hydrogen-bond acceptors (Lipinski definition) is 2. The van der Waals surface area contributed by atoms with E-state index in [0.717, 1.165) is 5.56 Å². The lowest BCUT2D eigenvalue weighted by atomic mass is 10.0. The minimum Gasteiger partial charge on any atom is -0.435 e. The summed E-state index contributed by atoms with van der Waals surface area (Å²) >= 11 is 5.97. The van der Waals surface area contributed by atoms with Crippen LogP contribution >= 0.6 is 11.6 Å². The third kappa shape index (κ3) is 3.33. The van der Waals surface area contributed by atoms with Crippen molar-refractivity contribution in [3.8, 4) is 5.75 Å². The van der Waals surface area contributed by atoms with Crippen molar-refractivity contribution in [2.45, 2.75) is 13.5 Å². The minimum atomic E-state index is -2.92. The predicted octanol–water partition coefficient (Wildman–Crippen LogP) is 4.48. The van der Waals surface area contributed by atoms with Crippen LogP contribution in [0.2, 0.25) is 5.02 Å². The van der Waals surface area contributed by atoms with E-state index in [-0.39, 0.29) is 17.1 Å². The van der Waals surface area contributed by atoms with Crippen LogP contribution in [0.3, 0.4) is 0 Å². The molecule has 0 aliphatic heterocycles. The molecular formula is C15H11ClF2O2. The monoisotopic (exact) mass is 296 g/mol. The smallest absolute Gasteiger partial charge is 0.387 e. The number of rotatable bonds is 4. The van der Waals surface area contributed by atoms with E-state index in [9.17, 15) is 13.6 Å². The van der Waals surface area contributed by atoms with Crippen LogP contribution in [0.4, 0.5) is 8.78 Å². The Labute approximate surface area is 119 Å². The summed E-state index contributed by atoms with van der Waals surface area (Å²) in [6, 6.07) is 10.6. The lowest BCUT2D eigenvalue weighted by Gasteiger charge is -2.07. The fourth-order valence-corrected chi connectivity index (χ4v) is 1.89. The maximum Gasteiger partial charge on any atom is 0.387 e. The molecule has 0 N–H and O–H groups in total. The molecule has 0 heterocycles. The number of halogens is 3. The maximum absolute atomic E-state index is 12.2. The van der Waals surface area contributed by atoms with E-state index in [1.54, 1.807) is 18.2 Å². The van der Waals surface area contributed by atoms with Crippen LogP contribution in [-0.4, -0.2) is 12.4 Å². The van der Waals surface area contributed by atoms with E-state index >= 15 is 0 Å². The number of hydrogen-bond donors (Lipinski definition) is 0. The molecule has 0 aliphatic rings. The van der Waals surface area contributed by atoms with Crippen molar-refractivity contribution >= 4 is 17.4 Å². The molecule has 0 amide bonds. The van der Waals surface area contributed by atoms with Gasteiger partial charge in [-0.15, -0.1) is 0 Å². The second kappa shape index (κ2) is 6.01. The number of carbonyl (C=O) groups excluding carboxylic acids is 1. The van der Waals surface area contributed by atoms with E-state index in [2.05, 4.69) is 4.74 Å². The fourth-order valence-electron chi connectivity index (χ4n) is 1.71. The van der Waals surface area contributed by atoms with E-state index in [1.807, 2.05) is 6.92 Å². The van der Waals surface area contributed by atoms with Crippen molar-refractivity contribution in [1.82, 2.24) is 0 Å². The second-order valence-corrected chi connectivity index (χ2v) is 4.61. The molecule has 0 saturated heterocycles. The summed E-state index contributed by atoms with van der Waals surface area (Å²) in [6.45, 7) is -1.09. The zero-order chi connectivity index (χ0) is 14.7. The Bertz CT molecular complexity index is 642. The molecular weight excluding hydrogens is 286 g/mol. The number of alkyl halides is 2. The maximum atomic E-state index is 12.2. The number of aryl methyl sites for hydroxylation is 1. The highest BCUT2D eigenvalue weighted by Gasteiger charge is 2.12. The van der Waals surface area contributed by atoms with Crippen LogP contribution in [0.5, 0.6) is 5.75 Å². The van der Waals surface area contributed by atoms with Crippen molar-refractivity contribution in [1.29, 1.82) is 0 Å². The van der Waals surface area contributed by atoms with Crippen LogP contribution in [0.15, 0.2) is 42.5 Å². The van der Waals surface area contributed by atoms with Gasteiger partial charge in [-0.2, -0.15) is 8.78 Å². The van der Waals surface area contributed by atoms with Gasteiger partial charge in [0.1, 0.15) is 5.75 Å². The first-order valence-corrected chi connectivity index (χ1v) is 6.21. The molecule has 0 atom stereocenters. The molecule has 5 heteroatoms. The lowest BCUT2D eigenvalue weighted by molar-refractivity contribution is -0.0498. The highest BCUT2D eigenvalue weighted by atomic mass is 35.5. The fraction of sp³-hybridized carbons (Fsp3) is 0.133. The summed E-state index contributed by atoms with van der Waals surface area (Å²) in [5, 5.41) is 0.482.